The Morgan fingerprint density at radius 1 is 1.15 bits per heavy atom. The number of halogens is 1. The molecule has 2 fully saturated rings. The van der Waals surface area contributed by atoms with E-state index in [4.69, 9.17) is 11.6 Å². The number of aromatic amines is 2. The molecule has 2 aliphatic rings. The van der Waals surface area contributed by atoms with E-state index in [0.29, 0.717) is 28.3 Å². The fourth-order valence-electron chi connectivity index (χ4n) is 6.12. The predicted molar refractivity (Wildman–Crippen MR) is 147 cm³/mol. The lowest BCUT2D eigenvalue weighted by atomic mass is 9.60. The molecule has 0 unspecified atom stereocenters. The molecule has 3 N–H and O–H groups in total. The molecule has 1 saturated heterocycles. The summed E-state index contributed by atoms with van der Waals surface area (Å²) < 4.78 is 29.3. The van der Waals surface area contributed by atoms with Gasteiger partial charge in [-0.05, 0) is 73.6 Å². The van der Waals surface area contributed by atoms with Crippen LogP contribution in [0.15, 0.2) is 51.0 Å². The maximum atomic E-state index is 13.9. The lowest BCUT2D eigenvalue weighted by Gasteiger charge is -2.59. The van der Waals surface area contributed by atoms with Crippen molar-refractivity contribution < 1.29 is 13.2 Å². The van der Waals surface area contributed by atoms with Gasteiger partial charge in [0.2, 0.25) is 9.84 Å². The Labute approximate surface area is 230 Å². The number of rotatable bonds is 6. The number of benzene rings is 2. The van der Waals surface area contributed by atoms with Gasteiger partial charge in [0.25, 0.3) is 5.91 Å². The monoisotopic (exact) mass is 568 g/mol. The van der Waals surface area contributed by atoms with Gasteiger partial charge in [0.1, 0.15) is 16.4 Å². The number of H-pyrrole nitrogens is 2. The molecule has 39 heavy (non-hydrogen) atoms. The fourth-order valence-corrected chi connectivity index (χ4v) is 8.08. The highest BCUT2D eigenvalue weighted by Crippen LogP contribution is 2.48. The second-order valence-corrected chi connectivity index (χ2v) is 13.4. The quantitative estimate of drug-likeness (QED) is 0.327. The number of aromatic nitrogens is 4. The van der Waals surface area contributed by atoms with E-state index < -0.39 is 15.7 Å². The molecule has 204 valence electrons. The van der Waals surface area contributed by atoms with Crippen LogP contribution >= 0.6 is 11.6 Å². The molecule has 1 amide bonds. The highest BCUT2D eigenvalue weighted by Gasteiger charge is 2.52. The number of nitrogens with one attached hydrogen (secondary N) is 3. The van der Waals surface area contributed by atoms with Crippen LogP contribution in [0, 0.1) is 19.3 Å². The van der Waals surface area contributed by atoms with Crippen LogP contribution < -0.4 is 11.0 Å². The Balaban J connectivity index is 1.21. The first-order valence-corrected chi connectivity index (χ1v) is 14.6. The number of amides is 1. The number of carbonyl (C=O) groups is 1. The summed E-state index contributed by atoms with van der Waals surface area (Å²) in [5, 5.41) is 10.3. The molecule has 0 radical (unpaired) electrons. The molecule has 2 aromatic heterocycles. The van der Waals surface area contributed by atoms with Crippen LogP contribution in [-0.4, -0.2) is 58.1 Å². The van der Waals surface area contributed by atoms with E-state index in [1.165, 1.54) is 4.57 Å². The van der Waals surface area contributed by atoms with Crippen LogP contribution in [0.2, 0.25) is 5.02 Å². The molecule has 10 nitrogen and oxygen atoms in total. The Morgan fingerprint density at radius 2 is 1.85 bits per heavy atom. The van der Waals surface area contributed by atoms with E-state index in [0.717, 1.165) is 37.1 Å². The zero-order valence-electron chi connectivity index (χ0n) is 21.8. The topological polar surface area (TPSA) is 133 Å². The zero-order chi connectivity index (χ0) is 27.7. The third-order valence-corrected chi connectivity index (χ3v) is 9.92. The van der Waals surface area contributed by atoms with Gasteiger partial charge in [-0.2, -0.15) is 5.10 Å². The van der Waals surface area contributed by atoms with Gasteiger partial charge in [-0.1, -0.05) is 17.7 Å². The SMILES string of the molecule is Cc1cc(C)cc(S(=O)(=O)c2c(C(=O)NC3CC4(C3)CN(Cc3n[nH]c(=O)n3C)C4)[nH]c3ccc(Cl)cc23)c1. The largest absolute Gasteiger partial charge is 0.349 e. The fraction of sp³-hybridized carbons (Fsp3) is 0.370. The molecule has 12 heteroatoms. The molecular weight excluding hydrogens is 540 g/mol. The van der Waals surface area contributed by atoms with E-state index in [9.17, 15) is 18.0 Å². The maximum Gasteiger partial charge on any atom is 0.343 e. The number of aryl methyl sites for hydroxylation is 2. The lowest BCUT2D eigenvalue weighted by Crippen LogP contribution is -2.66. The van der Waals surface area contributed by atoms with Gasteiger partial charge in [0.05, 0.1) is 11.4 Å². The molecule has 0 bridgehead atoms. The van der Waals surface area contributed by atoms with E-state index in [1.54, 1.807) is 37.4 Å². The summed E-state index contributed by atoms with van der Waals surface area (Å²) in [6.45, 7) is 5.99. The molecule has 1 spiro atoms. The van der Waals surface area contributed by atoms with Crippen LogP contribution in [0.4, 0.5) is 0 Å². The van der Waals surface area contributed by atoms with Crippen molar-refractivity contribution in [2.75, 3.05) is 13.1 Å². The number of carbonyl (C=O) groups excluding carboxylic acids is 1. The molecule has 1 aliphatic heterocycles. The van der Waals surface area contributed by atoms with Gasteiger partial charge in [0, 0.05) is 42.1 Å². The third kappa shape index (κ3) is 4.48. The third-order valence-electron chi connectivity index (χ3n) is 7.86. The minimum atomic E-state index is -4.03. The number of likely N-dealkylation sites (tertiary alicyclic amines) is 1. The van der Waals surface area contributed by atoms with Gasteiger partial charge in [-0.3, -0.25) is 14.3 Å². The van der Waals surface area contributed by atoms with Crippen LogP contribution in [0.5, 0.6) is 0 Å². The summed E-state index contributed by atoms with van der Waals surface area (Å²) in [6.07, 6.45) is 1.61. The van der Waals surface area contributed by atoms with Crippen molar-refractivity contribution in [3.05, 3.63) is 74.6 Å². The number of hydrogen-bond acceptors (Lipinski definition) is 6. The average Bonchev–Trinajstić information content (AvgIpc) is 3.36. The van der Waals surface area contributed by atoms with Crippen molar-refractivity contribution >= 4 is 38.2 Å². The average molecular weight is 569 g/mol. The summed E-state index contributed by atoms with van der Waals surface area (Å²) in [5.41, 5.74) is 2.07. The molecule has 2 aromatic carbocycles. The standard InChI is InChI=1S/C27H29ClN6O4S/c1-15-6-16(2)8-19(7-15)39(37,38)24-20-9-17(28)4-5-21(20)30-23(24)25(35)29-18-10-27(11-18)13-34(14-27)12-22-31-32-26(36)33(22)3/h4-9,18,30H,10-14H2,1-3H3,(H,29,35)(H,32,36). The van der Waals surface area contributed by atoms with Gasteiger partial charge >= 0.3 is 5.69 Å². The first-order valence-electron chi connectivity index (χ1n) is 12.7. The number of nitrogens with zero attached hydrogens (tertiary/aromatic N) is 3. The molecule has 6 rings (SSSR count). The van der Waals surface area contributed by atoms with Crippen molar-refractivity contribution in [1.29, 1.82) is 0 Å². The minimum absolute atomic E-state index is 0.0158. The lowest BCUT2D eigenvalue weighted by molar-refractivity contribution is -0.0822. The summed E-state index contributed by atoms with van der Waals surface area (Å²) in [4.78, 5) is 30.4. The zero-order valence-corrected chi connectivity index (χ0v) is 23.4. The first-order chi connectivity index (χ1) is 18.4. The molecule has 3 heterocycles. The first kappa shape index (κ1) is 25.8. The van der Waals surface area contributed by atoms with Crippen LogP contribution in [0.3, 0.4) is 0 Å². The molecule has 1 saturated carbocycles. The smallest absolute Gasteiger partial charge is 0.343 e. The second-order valence-electron chi connectivity index (χ2n) is 11.1. The number of sulfone groups is 1. The van der Waals surface area contributed by atoms with Crippen LogP contribution in [-0.2, 0) is 23.4 Å². The van der Waals surface area contributed by atoms with Gasteiger partial charge in [-0.15, -0.1) is 0 Å². The Hall–Kier alpha value is -3.41. The summed E-state index contributed by atoms with van der Waals surface area (Å²) >= 11 is 6.23. The molecule has 4 aromatic rings. The molecular formula is C27H29ClN6O4S. The summed E-state index contributed by atoms with van der Waals surface area (Å²) in [6, 6.07) is 10.0. The van der Waals surface area contributed by atoms with E-state index in [1.807, 2.05) is 19.9 Å². The molecule has 0 atom stereocenters. The Bertz CT molecular complexity index is 1770. The Kier molecular flexibility index (Phi) is 6.01. The summed E-state index contributed by atoms with van der Waals surface area (Å²) in [5.74, 6) is 0.239. The Morgan fingerprint density at radius 3 is 2.49 bits per heavy atom. The molecule has 1 aliphatic carbocycles. The number of fused-ring (bicyclic) bond motifs is 1. The van der Waals surface area contributed by atoms with E-state index in [2.05, 4.69) is 25.4 Å². The maximum absolute atomic E-state index is 13.9. The second kappa shape index (κ2) is 9.07. The highest BCUT2D eigenvalue weighted by molar-refractivity contribution is 7.91. The van der Waals surface area contributed by atoms with Gasteiger partial charge < -0.3 is 10.3 Å². The van der Waals surface area contributed by atoms with E-state index in [-0.39, 0.29) is 32.6 Å². The van der Waals surface area contributed by atoms with Gasteiger partial charge in [0.15, 0.2) is 0 Å². The van der Waals surface area contributed by atoms with Crippen LogP contribution in [0.25, 0.3) is 10.9 Å². The number of hydrogen-bond donors (Lipinski definition) is 3. The van der Waals surface area contributed by atoms with Crippen molar-refractivity contribution in [3.8, 4) is 0 Å². The van der Waals surface area contributed by atoms with Crippen molar-refractivity contribution in [2.45, 2.75) is 49.1 Å². The highest BCUT2D eigenvalue weighted by atomic mass is 35.5. The van der Waals surface area contributed by atoms with Gasteiger partial charge in [-0.25, -0.2) is 18.3 Å². The summed E-state index contributed by atoms with van der Waals surface area (Å²) in [7, 11) is -2.34. The van der Waals surface area contributed by atoms with Crippen molar-refractivity contribution in [1.82, 2.24) is 30.0 Å². The van der Waals surface area contributed by atoms with E-state index >= 15 is 0 Å². The van der Waals surface area contributed by atoms with Crippen LogP contribution in [0.1, 0.15) is 40.3 Å². The van der Waals surface area contributed by atoms with Crippen molar-refractivity contribution in [2.24, 2.45) is 12.5 Å². The normalized spacial score (nSPS) is 17.3. The predicted octanol–water partition coefficient (Wildman–Crippen LogP) is 3.09. The van der Waals surface area contributed by atoms with Crippen molar-refractivity contribution in [3.63, 3.8) is 0 Å². The minimum Gasteiger partial charge on any atom is -0.349 e.